The van der Waals surface area contributed by atoms with Gasteiger partial charge in [-0.3, -0.25) is 15.0 Å². The van der Waals surface area contributed by atoms with E-state index in [1.54, 1.807) is 24.3 Å². The molecule has 0 spiro atoms. The van der Waals surface area contributed by atoms with E-state index in [0.717, 1.165) is 5.56 Å². The van der Waals surface area contributed by atoms with Gasteiger partial charge in [0, 0.05) is 28.9 Å². The summed E-state index contributed by atoms with van der Waals surface area (Å²) in [4.78, 5) is 24.7. The first-order valence-corrected chi connectivity index (χ1v) is 9.27. The SMILES string of the molecule is CC(C)C(=O)Nc1cccc(NC(=O)C2CNNC2c2ccc(Cl)cc2)c1. The lowest BCUT2D eigenvalue weighted by molar-refractivity contribution is -0.120. The summed E-state index contributed by atoms with van der Waals surface area (Å²) in [5.41, 5.74) is 8.49. The van der Waals surface area contributed by atoms with Gasteiger partial charge in [0.05, 0.1) is 12.0 Å². The summed E-state index contributed by atoms with van der Waals surface area (Å²) in [5, 5.41) is 6.44. The smallest absolute Gasteiger partial charge is 0.230 e. The van der Waals surface area contributed by atoms with Crippen molar-refractivity contribution in [2.24, 2.45) is 11.8 Å². The number of benzene rings is 2. The summed E-state index contributed by atoms with van der Waals surface area (Å²) in [6.45, 7) is 4.18. The van der Waals surface area contributed by atoms with Gasteiger partial charge in [0.1, 0.15) is 0 Å². The highest BCUT2D eigenvalue weighted by atomic mass is 35.5. The standard InChI is InChI=1S/C20H23ClN4O2/c1-12(2)19(26)23-15-4-3-5-16(10-15)24-20(27)17-11-22-25-18(17)13-6-8-14(21)9-7-13/h3-10,12,17-18,22,25H,11H2,1-2H3,(H,23,26)(H,24,27). The summed E-state index contributed by atoms with van der Waals surface area (Å²) in [5.74, 6) is -0.552. The molecule has 4 N–H and O–H groups in total. The Balaban J connectivity index is 1.69. The molecule has 0 radical (unpaired) electrons. The second-order valence-corrected chi connectivity index (χ2v) is 7.31. The monoisotopic (exact) mass is 386 g/mol. The quantitative estimate of drug-likeness (QED) is 0.635. The lowest BCUT2D eigenvalue weighted by Crippen LogP contribution is -2.29. The molecule has 6 nitrogen and oxygen atoms in total. The first-order chi connectivity index (χ1) is 12.9. The third-order valence-corrected chi connectivity index (χ3v) is 4.72. The molecule has 27 heavy (non-hydrogen) atoms. The molecule has 1 fully saturated rings. The normalized spacial score (nSPS) is 19.1. The lowest BCUT2D eigenvalue weighted by Gasteiger charge is -2.19. The predicted octanol–water partition coefficient (Wildman–Crippen LogP) is 3.34. The summed E-state index contributed by atoms with van der Waals surface area (Å²) in [6, 6.07) is 14.5. The average molecular weight is 387 g/mol. The van der Waals surface area contributed by atoms with Gasteiger partial charge in [-0.25, -0.2) is 5.43 Å². The summed E-state index contributed by atoms with van der Waals surface area (Å²) in [7, 11) is 0. The van der Waals surface area contributed by atoms with E-state index in [-0.39, 0.29) is 29.7 Å². The maximum absolute atomic E-state index is 12.8. The van der Waals surface area contributed by atoms with Crippen molar-refractivity contribution >= 4 is 34.8 Å². The highest BCUT2D eigenvalue weighted by Crippen LogP contribution is 2.27. The highest BCUT2D eigenvalue weighted by Gasteiger charge is 2.34. The van der Waals surface area contributed by atoms with Crippen LogP contribution < -0.4 is 21.5 Å². The molecule has 0 aliphatic carbocycles. The van der Waals surface area contributed by atoms with Gasteiger partial charge < -0.3 is 10.6 Å². The largest absolute Gasteiger partial charge is 0.326 e. The van der Waals surface area contributed by atoms with Gasteiger partial charge in [-0.05, 0) is 35.9 Å². The van der Waals surface area contributed by atoms with Crippen LogP contribution in [-0.2, 0) is 9.59 Å². The minimum Gasteiger partial charge on any atom is -0.326 e. The number of nitrogens with one attached hydrogen (secondary N) is 4. The number of halogens is 1. The van der Waals surface area contributed by atoms with Crippen LogP contribution >= 0.6 is 11.6 Å². The highest BCUT2D eigenvalue weighted by molar-refractivity contribution is 6.30. The van der Waals surface area contributed by atoms with Crippen LogP contribution in [0.1, 0.15) is 25.5 Å². The molecule has 0 saturated carbocycles. The van der Waals surface area contributed by atoms with Gasteiger partial charge in [0.15, 0.2) is 0 Å². The van der Waals surface area contributed by atoms with Crippen LogP contribution in [0.2, 0.25) is 5.02 Å². The van der Waals surface area contributed by atoms with Crippen LogP contribution in [0.3, 0.4) is 0 Å². The minimum atomic E-state index is -0.278. The molecule has 0 aromatic heterocycles. The van der Waals surface area contributed by atoms with E-state index in [0.29, 0.717) is 22.9 Å². The Morgan fingerprint density at radius 2 is 1.74 bits per heavy atom. The molecule has 1 saturated heterocycles. The Bertz CT molecular complexity index is 823. The molecule has 2 unspecified atom stereocenters. The van der Waals surface area contributed by atoms with E-state index in [9.17, 15) is 9.59 Å². The predicted molar refractivity (Wildman–Crippen MR) is 107 cm³/mol. The topological polar surface area (TPSA) is 82.3 Å². The molecule has 2 atom stereocenters. The fourth-order valence-electron chi connectivity index (χ4n) is 2.92. The second kappa shape index (κ2) is 8.52. The number of hydrogen-bond donors (Lipinski definition) is 4. The van der Waals surface area contributed by atoms with E-state index in [2.05, 4.69) is 21.5 Å². The zero-order valence-electron chi connectivity index (χ0n) is 15.3. The molecule has 7 heteroatoms. The van der Waals surface area contributed by atoms with E-state index < -0.39 is 0 Å². The molecule has 3 rings (SSSR count). The van der Waals surface area contributed by atoms with Crippen molar-refractivity contribution in [1.29, 1.82) is 0 Å². The molecular weight excluding hydrogens is 364 g/mol. The van der Waals surface area contributed by atoms with Crippen LogP contribution in [0.4, 0.5) is 11.4 Å². The molecule has 0 bridgehead atoms. The first-order valence-electron chi connectivity index (χ1n) is 8.89. The Morgan fingerprint density at radius 1 is 1.07 bits per heavy atom. The van der Waals surface area contributed by atoms with E-state index in [4.69, 9.17) is 11.6 Å². The van der Waals surface area contributed by atoms with Gasteiger partial charge in [-0.1, -0.05) is 43.6 Å². The molecular formula is C20H23ClN4O2. The summed E-state index contributed by atoms with van der Waals surface area (Å²) >= 11 is 5.95. The minimum absolute atomic E-state index is 0.0644. The number of amides is 2. The first kappa shape index (κ1) is 19.4. The van der Waals surface area contributed by atoms with Crippen molar-refractivity contribution < 1.29 is 9.59 Å². The van der Waals surface area contributed by atoms with Crippen LogP contribution in [0.5, 0.6) is 0 Å². The molecule has 1 heterocycles. The number of carbonyl (C=O) groups excluding carboxylic acids is 2. The number of hydrazine groups is 1. The molecule has 1 aliphatic rings. The molecule has 2 aromatic rings. The van der Waals surface area contributed by atoms with Crippen molar-refractivity contribution in [3.63, 3.8) is 0 Å². The van der Waals surface area contributed by atoms with Crippen LogP contribution in [-0.4, -0.2) is 18.4 Å². The van der Waals surface area contributed by atoms with Crippen LogP contribution in [0.15, 0.2) is 48.5 Å². The van der Waals surface area contributed by atoms with E-state index in [1.165, 1.54) is 0 Å². The Morgan fingerprint density at radius 3 is 2.41 bits per heavy atom. The fraction of sp³-hybridized carbons (Fsp3) is 0.300. The third-order valence-electron chi connectivity index (χ3n) is 4.47. The van der Waals surface area contributed by atoms with Crippen LogP contribution in [0, 0.1) is 11.8 Å². The van der Waals surface area contributed by atoms with Gasteiger partial charge >= 0.3 is 0 Å². The van der Waals surface area contributed by atoms with E-state index in [1.807, 2.05) is 38.1 Å². The average Bonchev–Trinajstić information content (AvgIpc) is 3.12. The lowest BCUT2D eigenvalue weighted by atomic mass is 9.94. The van der Waals surface area contributed by atoms with E-state index >= 15 is 0 Å². The maximum Gasteiger partial charge on any atom is 0.230 e. The second-order valence-electron chi connectivity index (χ2n) is 6.87. The molecule has 1 aliphatic heterocycles. The van der Waals surface area contributed by atoms with Crippen molar-refractivity contribution in [1.82, 2.24) is 10.9 Å². The zero-order valence-corrected chi connectivity index (χ0v) is 16.0. The van der Waals surface area contributed by atoms with Crippen molar-refractivity contribution in [3.8, 4) is 0 Å². The third kappa shape index (κ3) is 4.86. The summed E-state index contributed by atoms with van der Waals surface area (Å²) in [6.07, 6.45) is 0. The Hall–Kier alpha value is -2.41. The van der Waals surface area contributed by atoms with Crippen molar-refractivity contribution in [3.05, 3.63) is 59.1 Å². The number of anilines is 2. The Labute approximate surface area is 163 Å². The molecule has 2 aromatic carbocycles. The fourth-order valence-corrected chi connectivity index (χ4v) is 3.05. The van der Waals surface area contributed by atoms with Crippen molar-refractivity contribution in [2.75, 3.05) is 17.2 Å². The van der Waals surface area contributed by atoms with Gasteiger partial charge in [0.25, 0.3) is 0 Å². The maximum atomic E-state index is 12.8. The van der Waals surface area contributed by atoms with Crippen molar-refractivity contribution in [2.45, 2.75) is 19.9 Å². The van der Waals surface area contributed by atoms with Gasteiger partial charge in [0.2, 0.25) is 11.8 Å². The number of rotatable bonds is 5. The van der Waals surface area contributed by atoms with Gasteiger partial charge in [-0.15, -0.1) is 0 Å². The number of carbonyl (C=O) groups is 2. The molecule has 142 valence electrons. The zero-order chi connectivity index (χ0) is 19.4. The molecule has 2 amide bonds. The number of hydrogen-bond acceptors (Lipinski definition) is 4. The van der Waals surface area contributed by atoms with Gasteiger partial charge in [-0.2, -0.15) is 0 Å². The summed E-state index contributed by atoms with van der Waals surface area (Å²) < 4.78 is 0. The Kier molecular flexibility index (Phi) is 6.11. The van der Waals surface area contributed by atoms with Crippen LogP contribution in [0.25, 0.3) is 0 Å².